The van der Waals surface area contributed by atoms with Crippen LogP contribution in [0.15, 0.2) is 53.7 Å². The second-order valence-corrected chi connectivity index (χ2v) is 8.27. The number of para-hydroxylation sites is 1. The van der Waals surface area contributed by atoms with E-state index in [-0.39, 0.29) is 10.9 Å². The van der Waals surface area contributed by atoms with Gasteiger partial charge in [0.25, 0.3) is 0 Å². The number of hydrogen-bond donors (Lipinski definition) is 1. The van der Waals surface area contributed by atoms with Gasteiger partial charge in [-0.05, 0) is 37.6 Å². The van der Waals surface area contributed by atoms with Gasteiger partial charge in [-0.1, -0.05) is 25.1 Å². The average Bonchev–Trinajstić information content (AvgIpc) is 2.66. The Bertz CT molecular complexity index is 1050. The summed E-state index contributed by atoms with van der Waals surface area (Å²) in [5.41, 5.74) is 1.72. The van der Waals surface area contributed by atoms with E-state index in [9.17, 15) is 8.42 Å². The van der Waals surface area contributed by atoms with Crippen LogP contribution < -0.4 is 10.1 Å². The van der Waals surface area contributed by atoms with Crippen molar-refractivity contribution in [2.75, 3.05) is 18.2 Å². The van der Waals surface area contributed by atoms with E-state index in [4.69, 9.17) is 4.74 Å². The first-order valence-electron chi connectivity index (χ1n) is 8.87. The normalized spacial score (nSPS) is 12.7. The van der Waals surface area contributed by atoms with Crippen molar-refractivity contribution in [1.29, 1.82) is 0 Å². The molecule has 0 bridgehead atoms. The summed E-state index contributed by atoms with van der Waals surface area (Å²) in [6.07, 6.45) is 3.48. The number of anilines is 1. The third-order valence-electron chi connectivity index (χ3n) is 4.35. The molecule has 0 fully saturated rings. The minimum absolute atomic E-state index is 0.0345. The van der Waals surface area contributed by atoms with E-state index in [1.165, 1.54) is 12.6 Å². The molecule has 1 unspecified atom stereocenters. The molecule has 0 aliphatic rings. The summed E-state index contributed by atoms with van der Waals surface area (Å²) in [5.74, 6) is 1.43. The molecule has 2 aromatic carbocycles. The summed E-state index contributed by atoms with van der Waals surface area (Å²) < 4.78 is 29.6. The van der Waals surface area contributed by atoms with Crippen LogP contribution in [0.5, 0.6) is 5.75 Å². The van der Waals surface area contributed by atoms with Crippen molar-refractivity contribution < 1.29 is 13.2 Å². The van der Waals surface area contributed by atoms with Gasteiger partial charge in [0.1, 0.15) is 17.9 Å². The lowest BCUT2D eigenvalue weighted by Gasteiger charge is -2.21. The van der Waals surface area contributed by atoms with Crippen LogP contribution in [0.3, 0.4) is 0 Å². The van der Waals surface area contributed by atoms with E-state index in [0.717, 1.165) is 17.7 Å². The molecule has 1 atom stereocenters. The number of nitrogens with one attached hydrogen (secondary N) is 1. The molecule has 0 aliphatic heterocycles. The van der Waals surface area contributed by atoms with E-state index in [1.807, 2.05) is 31.2 Å². The fourth-order valence-corrected chi connectivity index (χ4v) is 3.65. The first kappa shape index (κ1) is 19.1. The molecule has 0 amide bonds. The van der Waals surface area contributed by atoms with Crippen molar-refractivity contribution in [3.05, 3.63) is 54.4 Å². The molecule has 7 heteroatoms. The number of hydrogen-bond acceptors (Lipinski definition) is 6. The molecule has 142 valence electrons. The van der Waals surface area contributed by atoms with Crippen LogP contribution in [0.2, 0.25) is 0 Å². The van der Waals surface area contributed by atoms with Gasteiger partial charge >= 0.3 is 0 Å². The van der Waals surface area contributed by atoms with Gasteiger partial charge in [-0.25, -0.2) is 18.4 Å². The fraction of sp³-hybridized carbons (Fsp3) is 0.300. The highest BCUT2D eigenvalue weighted by Crippen LogP contribution is 2.32. The van der Waals surface area contributed by atoms with Crippen LogP contribution in [-0.4, -0.2) is 31.2 Å². The van der Waals surface area contributed by atoms with Crippen LogP contribution in [-0.2, 0) is 9.84 Å². The molecule has 0 saturated heterocycles. The van der Waals surface area contributed by atoms with Crippen molar-refractivity contribution in [3.63, 3.8) is 0 Å². The van der Waals surface area contributed by atoms with Crippen molar-refractivity contribution >= 4 is 26.6 Å². The lowest BCUT2D eigenvalue weighted by molar-refractivity contribution is 0.334. The van der Waals surface area contributed by atoms with E-state index >= 15 is 0 Å². The molecular formula is C20H23N3O3S. The van der Waals surface area contributed by atoms with Gasteiger partial charge in [0.15, 0.2) is 9.84 Å². The van der Waals surface area contributed by atoms with Crippen molar-refractivity contribution in [2.24, 2.45) is 0 Å². The summed E-state index contributed by atoms with van der Waals surface area (Å²) in [6, 6.07) is 12.7. The van der Waals surface area contributed by atoms with Crippen molar-refractivity contribution in [2.45, 2.75) is 31.2 Å². The summed E-state index contributed by atoms with van der Waals surface area (Å²) in [7, 11) is -3.31. The predicted molar refractivity (Wildman–Crippen MR) is 107 cm³/mol. The quantitative estimate of drug-likeness (QED) is 0.662. The minimum Gasteiger partial charge on any atom is -0.494 e. The lowest BCUT2D eigenvalue weighted by atomic mass is 10.0. The van der Waals surface area contributed by atoms with Gasteiger partial charge in [-0.2, -0.15) is 0 Å². The molecule has 0 radical (unpaired) electrons. The fourth-order valence-electron chi connectivity index (χ4n) is 3.00. The Hall–Kier alpha value is -2.67. The Morgan fingerprint density at radius 3 is 2.59 bits per heavy atom. The van der Waals surface area contributed by atoms with Crippen molar-refractivity contribution in [3.8, 4) is 5.75 Å². The zero-order valence-electron chi connectivity index (χ0n) is 15.6. The Labute approximate surface area is 159 Å². The zero-order valence-corrected chi connectivity index (χ0v) is 16.5. The maximum absolute atomic E-state index is 11.9. The number of benzene rings is 2. The third kappa shape index (κ3) is 4.19. The molecule has 0 saturated carbocycles. The van der Waals surface area contributed by atoms with E-state index in [0.29, 0.717) is 23.3 Å². The number of nitrogens with zero attached hydrogens (tertiary/aromatic N) is 2. The van der Waals surface area contributed by atoms with Crippen LogP contribution in [0, 0.1) is 0 Å². The first-order valence-corrected chi connectivity index (χ1v) is 10.8. The molecule has 27 heavy (non-hydrogen) atoms. The van der Waals surface area contributed by atoms with Crippen LogP contribution in [0.4, 0.5) is 5.82 Å². The second kappa shape index (κ2) is 7.92. The van der Waals surface area contributed by atoms with Crippen LogP contribution >= 0.6 is 0 Å². The summed E-state index contributed by atoms with van der Waals surface area (Å²) in [6.45, 7) is 4.61. The molecule has 0 aliphatic carbocycles. The second-order valence-electron chi connectivity index (χ2n) is 6.25. The zero-order chi connectivity index (χ0) is 19.4. The molecule has 1 heterocycles. The molecular weight excluding hydrogens is 362 g/mol. The van der Waals surface area contributed by atoms with Gasteiger partial charge < -0.3 is 10.1 Å². The maximum Gasteiger partial charge on any atom is 0.175 e. The number of ether oxygens (including phenoxy) is 1. The average molecular weight is 385 g/mol. The van der Waals surface area contributed by atoms with Gasteiger partial charge in [0.05, 0.1) is 23.1 Å². The molecule has 3 rings (SSSR count). The lowest BCUT2D eigenvalue weighted by Crippen LogP contribution is -2.13. The summed E-state index contributed by atoms with van der Waals surface area (Å²) in [5, 5.41) is 4.11. The van der Waals surface area contributed by atoms with E-state index in [1.54, 1.807) is 18.2 Å². The largest absolute Gasteiger partial charge is 0.494 e. The Morgan fingerprint density at radius 2 is 1.89 bits per heavy atom. The molecule has 6 nitrogen and oxygen atoms in total. The standard InChI is InChI=1S/C20H23N3O3S/c1-4-17(15-8-6-7-9-19(15)26-5-2)23-20-16-12-14(27(3,24)25)10-11-18(16)21-13-22-20/h6-13,17H,4-5H2,1-3H3,(H,21,22,23). The van der Waals surface area contributed by atoms with Gasteiger partial charge in [-0.3, -0.25) is 0 Å². The molecule has 1 N–H and O–H groups in total. The summed E-state index contributed by atoms with van der Waals surface area (Å²) in [4.78, 5) is 8.85. The monoisotopic (exact) mass is 385 g/mol. The first-order chi connectivity index (χ1) is 12.9. The van der Waals surface area contributed by atoms with Crippen LogP contribution in [0.1, 0.15) is 31.9 Å². The highest BCUT2D eigenvalue weighted by Gasteiger charge is 2.17. The topological polar surface area (TPSA) is 81.2 Å². The number of fused-ring (bicyclic) bond motifs is 1. The Balaban J connectivity index is 2.04. The van der Waals surface area contributed by atoms with Crippen molar-refractivity contribution in [1.82, 2.24) is 9.97 Å². The number of sulfone groups is 1. The van der Waals surface area contributed by atoms with E-state index in [2.05, 4.69) is 22.2 Å². The van der Waals surface area contributed by atoms with Gasteiger partial charge in [0.2, 0.25) is 0 Å². The summed E-state index contributed by atoms with van der Waals surface area (Å²) >= 11 is 0. The Morgan fingerprint density at radius 1 is 1.11 bits per heavy atom. The third-order valence-corrected chi connectivity index (χ3v) is 5.46. The number of aromatic nitrogens is 2. The smallest absolute Gasteiger partial charge is 0.175 e. The van der Waals surface area contributed by atoms with Gasteiger partial charge in [-0.15, -0.1) is 0 Å². The van der Waals surface area contributed by atoms with Crippen LogP contribution in [0.25, 0.3) is 10.9 Å². The van der Waals surface area contributed by atoms with Gasteiger partial charge in [0, 0.05) is 17.2 Å². The highest BCUT2D eigenvalue weighted by atomic mass is 32.2. The minimum atomic E-state index is -3.31. The predicted octanol–water partition coefficient (Wildman–Crippen LogP) is 4.00. The molecule has 1 aromatic heterocycles. The molecule has 0 spiro atoms. The SMILES string of the molecule is CCOc1ccccc1C(CC)Nc1ncnc2ccc(S(C)(=O)=O)cc12. The molecule has 3 aromatic rings. The van der Waals surface area contributed by atoms with E-state index < -0.39 is 9.84 Å². The maximum atomic E-state index is 11.9. The highest BCUT2D eigenvalue weighted by molar-refractivity contribution is 7.90. The number of rotatable bonds is 7. The Kier molecular flexibility index (Phi) is 5.60.